The highest BCUT2D eigenvalue weighted by molar-refractivity contribution is 5.96. The third kappa shape index (κ3) is 2.03. The van der Waals surface area contributed by atoms with Crippen molar-refractivity contribution in [2.45, 2.75) is 0 Å². The zero-order valence-corrected chi connectivity index (χ0v) is 10.7. The molecule has 0 fully saturated rings. The monoisotopic (exact) mass is 268 g/mol. The molecule has 0 saturated carbocycles. The average Bonchev–Trinajstić information content (AvgIpc) is 2.94. The van der Waals surface area contributed by atoms with Crippen LogP contribution in [0.15, 0.2) is 36.4 Å². The van der Waals surface area contributed by atoms with E-state index in [1.807, 2.05) is 36.2 Å². The van der Waals surface area contributed by atoms with Crippen LogP contribution in [0.2, 0.25) is 0 Å². The number of tetrazole rings is 1. The fourth-order valence-electron chi connectivity index (χ4n) is 1.83. The Hall–Kier alpha value is -3.03. The van der Waals surface area contributed by atoms with E-state index in [4.69, 9.17) is 11.1 Å². The second kappa shape index (κ2) is 4.57. The Morgan fingerprint density at radius 1 is 1.30 bits per heavy atom. The lowest BCUT2D eigenvalue weighted by Crippen LogP contribution is -2.15. The van der Waals surface area contributed by atoms with Crippen LogP contribution in [-0.2, 0) is 0 Å². The minimum Gasteiger partial charge on any atom is -0.384 e. The molecule has 0 unspecified atom stereocenters. The first-order chi connectivity index (χ1) is 9.65. The summed E-state index contributed by atoms with van der Waals surface area (Å²) in [5.74, 6) is 0.717. The Balaban J connectivity index is 2.00. The lowest BCUT2D eigenvalue weighted by Gasteiger charge is -2.18. The molecular formula is C12H12N8. The fourth-order valence-corrected chi connectivity index (χ4v) is 1.83. The van der Waals surface area contributed by atoms with Gasteiger partial charge in [0, 0.05) is 18.3 Å². The van der Waals surface area contributed by atoms with Crippen molar-refractivity contribution in [3.63, 3.8) is 0 Å². The van der Waals surface area contributed by atoms with Crippen LogP contribution in [-0.4, -0.2) is 38.1 Å². The van der Waals surface area contributed by atoms with Crippen molar-refractivity contribution < 1.29 is 0 Å². The molecule has 3 aromatic rings. The van der Waals surface area contributed by atoms with E-state index in [0.29, 0.717) is 17.0 Å². The van der Waals surface area contributed by atoms with Crippen LogP contribution in [0.3, 0.4) is 0 Å². The zero-order valence-electron chi connectivity index (χ0n) is 10.7. The summed E-state index contributed by atoms with van der Waals surface area (Å²) < 4.78 is 1.36. The SMILES string of the molecule is CN(c1cccc(C(=N)N)c1)c1ccc2nnnn2n1. The molecule has 1 aromatic carbocycles. The highest BCUT2D eigenvalue weighted by Crippen LogP contribution is 2.22. The summed E-state index contributed by atoms with van der Waals surface area (Å²) in [5, 5.41) is 22.9. The number of amidine groups is 1. The van der Waals surface area contributed by atoms with Crippen LogP contribution in [0, 0.1) is 5.41 Å². The zero-order chi connectivity index (χ0) is 14.1. The van der Waals surface area contributed by atoms with E-state index < -0.39 is 0 Å². The normalized spacial score (nSPS) is 10.7. The van der Waals surface area contributed by atoms with Crippen molar-refractivity contribution in [3.8, 4) is 0 Å². The molecule has 0 aliphatic heterocycles. The predicted molar refractivity (Wildman–Crippen MR) is 74.1 cm³/mol. The summed E-state index contributed by atoms with van der Waals surface area (Å²) in [6.45, 7) is 0. The van der Waals surface area contributed by atoms with Crippen molar-refractivity contribution in [2.75, 3.05) is 11.9 Å². The van der Waals surface area contributed by atoms with Crippen LogP contribution < -0.4 is 10.6 Å². The van der Waals surface area contributed by atoms with Gasteiger partial charge in [0.2, 0.25) is 0 Å². The molecule has 0 aliphatic carbocycles. The van der Waals surface area contributed by atoms with Crippen LogP contribution in [0.4, 0.5) is 11.5 Å². The summed E-state index contributed by atoms with van der Waals surface area (Å²) in [6, 6.07) is 11.0. The molecule has 100 valence electrons. The number of nitrogen functional groups attached to an aromatic ring is 1. The van der Waals surface area contributed by atoms with Gasteiger partial charge in [0.25, 0.3) is 0 Å². The summed E-state index contributed by atoms with van der Waals surface area (Å²) in [5.41, 5.74) is 7.62. The second-order valence-corrected chi connectivity index (χ2v) is 4.24. The summed E-state index contributed by atoms with van der Waals surface area (Å²) in [4.78, 5) is 1.87. The molecule has 3 rings (SSSR count). The molecule has 2 aromatic heterocycles. The molecule has 8 heteroatoms. The third-order valence-corrected chi connectivity index (χ3v) is 2.94. The van der Waals surface area contributed by atoms with Gasteiger partial charge in [-0.15, -0.1) is 14.8 Å². The molecule has 0 radical (unpaired) electrons. The van der Waals surface area contributed by atoms with Crippen LogP contribution in [0.5, 0.6) is 0 Å². The minimum atomic E-state index is 0.0316. The van der Waals surface area contributed by atoms with Gasteiger partial charge < -0.3 is 10.6 Å². The topological polar surface area (TPSA) is 109 Å². The highest BCUT2D eigenvalue weighted by atomic mass is 15.6. The summed E-state index contributed by atoms with van der Waals surface area (Å²) in [7, 11) is 1.87. The smallest absolute Gasteiger partial charge is 0.200 e. The molecule has 0 spiro atoms. The molecule has 2 heterocycles. The number of rotatable bonds is 3. The standard InChI is InChI=1S/C12H12N8/c1-19(9-4-2-3-8(7-9)12(13)14)11-6-5-10-15-17-18-20(10)16-11/h2-7H,1H3,(H3,13,14). The number of hydrogen-bond acceptors (Lipinski definition) is 6. The lowest BCUT2D eigenvalue weighted by molar-refractivity contribution is 0.731. The van der Waals surface area contributed by atoms with Gasteiger partial charge in [-0.25, -0.2) is 0 Å². The van der Waals surface area contributed by atoms with Crippen LogP contribution in [0.1, 0.15) is 5.56 Å². The molecular weight excluding hydrogens is 256 g/mol. The highest BCUT2D eigenvalue weighted by Gasteiger charge is 2.09. The lowest BCUT2D eigenvalue weighted by atomic mass is 10.2. The van der Waals surface area contributed by atoms with Crippen molar-refractivity contribution in [3.05, 3.63) is 42.0 Å². The molecule has 8 nitrogen and oxygen atoms in total. The Bertz CT molecular complexity index is 778. The van der Waals surface area contributed by atoms with Gasteiger partial charge in [-0.3, -0.25) is 5.41 Å². The number of hydrogen-bond donors (Lipinski definition) is 2. The maximum absolute atomic E-state index is 7.48. The predicted octanol–water partition coefficient (Wildman–Crippen LogP) is 0.571. The van der Waals surface area contributed by atoms with Crippen molar-refractivity contribution >= 4 is 23.0 Å². The van der Waals surface area contributed by atoms with Gasteiger partial charge in [0.1, 0.15) is 5.84 Å². The maximum atomic E-state index is 7.48. The van der Waals surface area contributed by atoms with E-state index >= 15 is 0 Å². The summed E-state index contributed by atoms with van der Waals surface area (Å²) in [6.07, 6.45) is 0. The fraction of sp³-hybridized carbons (Fsp3) is 0.0833. The van der Waals surface area contributed by atoms with Crippen molar-refractivity contribution in [1.29, 1.82) is 5.41 Å². The molecule has 0 amide bonds. The Kier molecular flexibility index (Phi) is 2.75. The quantitative estimate of drug-likeness (QED) is 0.531. The van der Waals surface area contributed by atoms with E-state index in [1.165, 1.54) is 4.63 Å². The molecule has 0 saturated heterocycles. The van der Waals surface area contributed by atoms with Crippen LogP contribution in [0.25, 0.3) is 5.65 Å². The second-order valence-electron chi connectivity index (χ2n) is 4.24. The average molecular weight is 268 g/mol. The minimum absolute atomic E-state index is 0.0316. The van der Waals surface area contributed by atoms with E-state index in [-0.39, 0.29) is 5.84 Å². The number of benzene rings is 1. The van der Waals surface area contributed by atoms with Gasteiger partial charge in [-0.1, -0.05) is 12.1 Å². The van der Waals surface area contributed by atoms with Gasteiger partial charge in [0.05, 0.1) is 0 Å². The van der Waals surface area contributed by atoms with Crippen molar-refractivity contribution in [2.24, 2.45) is 5.73 Å². The number of nitrogens with one attached hydrogen (secondary N) is 1. The van der Waals surface area contributed by atoms with E-state index in [9.17, 15) is 0 Å². The van der Waals surface area contributed by atoms with Gasteiger partial charge in [-0.2, -0.15) is 0 Å². The number of aromatic nitrogens is 5. The first-order valence-electron chi connectivity index (χ1n) is 5.89. The van der Waals surface area contributed by atoms with Gasteiger partial charge >= 0.3 is 0 Å². The molecule has 20 heavy (non-hydrogen) atoms. The molecule has 0 bridgehead atoms. The Morgan fingerprint density at radius 3 is 2.95 bits per heavy atom. The van der Waals surface area contributed by atoms with E-state index in [2.05, 4.69) is 20.6 Å². The van der Waals surface area contributed by atoms with E-state index in [0.717, 1.165) is 5.69 Å². The number of anilines is 2. The van der Waals surface area contributed by atoms with Crippen molar-refractivity contribution in [1.82, 2.24) is 25.3 Å². The molecule has 0 aliphatic rings. The van der Waals surface area contributed by atoms with Gasteiger partial charge in [-0.05, 0) is 34.7 Å². The largest absolute Gasteiger partial charge is 0.384 e. The molecule has 0 atom stereocenters. The van der Waals surface area contributed by atoms with Gasteiger partial charge in [0.15, 0.2) is 11.5 Å². The maximum Gasteiger partial charge on any atom is 0.200 e. The van der Waals surface area contributed by atoms with E-state index in [1.54, 1.807) is 12.1 Å². The number of fused-ring (bicyclic) bond motifs is 1. The summed E-state index contributed by atoms with van der Waals surface area (Å²) >= 11 is 0. The Morgan fingerprint density at radius 2 is 2.15 bits per heavy atom. The first-order valence-corrected chi connectivity index (χ1v) is 5.89. The Labute approximate surface area is 114 Å². The molecule has 3 N–H and O–H groups in total. The van der Waals surface area contributed by atoms with Crippen LogP contribution >= 0.6 is 0 Å². The number of nitrogens with two attached hydrogens (primary N) is 1. The first kappa shape index (κ1) is 12.0. The third-order valence-electron chi connectivity index (χ3n) is 2.94. The number of nitrogens with zero attached hydrogens (tertiary/aromatic N) is 6.